The molecule has 0 unspecified atom stereocenters. The first-order chi connectivity index (χ1) is 15.9. The molecule has 0 amide bonds. The zero-order valence-corrected chi connectivity index (χ0v) is 20.9. The van der Waals surface area contributed by atoms with Gasteiger partial charge in [0.25, 0.3) is 5.95 Å². The second-order valence-electron chi connectivity index (χ2n) is 9.32. The Labute approximate surface area is 202 Å². The van der Waals surface area contributed by atoms with Crippen LogP contribution in [0.15, 0.2) is 33.5 Å². The van der Waals surface area contributed by atoms with E-state index in [4.69, 9.17) is 11.6 Å². The molecule has 1 aromatic carbocycles. The molecule has 0 spiro atoms. The van der Waals surface area contributed by atoms with E-state index in [1.54, 1.807) is 0 Å². The Balaban J connectivity index is 1.43. The fraction of sp³-hybridized carbons (Fsp3) is 0.565. The largest absolute Gasteiger partial charge is 0.394 e. The maximum atomic E-state index is 13.6. The summed E-state index contributed by atoms with van der Waals surface area (Å²) < 4.78 is 30.9. The maximum Gasteiger partial charge on any atom is 0.259 e. The molecule has 1 saturated carbocycles. The summed E-state index contributed by atoms with van der Waals surface area (Å²) in [5.74, 6) is 2.61. The van der Waals surface area contributed by atoms with E-state index in [1.165, 1.54) is 5.56 Å². The Morgan fingerprint density at radius 2 is 1.91 bits per heavy atom. The van der Waals surface area contributed by atoms with E-state index >= 15 is 0 Å². The van der Waals surface area contributed by atoms with E-state index in [-0.39, 0.29) is 12.6 Å². The number of aryl methyl sites for hydroxylation is 1. The molecule has 1 aromatic heterocycles. The standard InChI is InChI=1S/C23H29ClN4O3S2/c24-18-6-4-16(5-7-18)17-8-13-33(31,14-9-17)28-22-25-19-3-1-12-32(30)20(19)21(26-22)27-23(15-29)10-2-11-23/h4-7,17,29H,1-3,8-15H2,(H,25,26,27)/t17?,32-,33?/m1/s1. The summed E-state index contributed by atoms with van der Waals surface area (Å²) >= 11 is 6.01. The minimum absolute atomic E-state index is 0.00623. The lowest BCUT2D eigenvalue weighted by Gasteiger charge is -2.42. The quantitative estimate of drug-likeness (QED) is 0.627. The molecule has 2 aliphatic heterocycles. The third-order valence-corrected chi connectivity index (χ3v) is 11.1. The van der Waals surface area contributed by atoms with Gasteiger partial charge in [-0.05, 0) is 68.6 Å². The number of nitrogens with one attached hydrogen (secondary N) is 1. The first-order valence-electron chi connectivity index (χ1n) is 11.6. The van der Waals surface area contributed by atoms with E-state index in [1.807, 2.05) is 24.3 Å². The van der Waals surface area contributed by atoms with Crippen LogP contribution in [0.25, 0.3) is 0 Å². The average molecular weight is 509 g/mol. The van der Waals surface area contributed by atoms with Crippen LogP contribution in [0.3, 0.4) is 0 Å². The Bertz CT molecular complexity index is 1170. The number of halogens is 1. The molecule has 178 valence electrons. The highest BCUT2D eigenvalue weighted by molar-refractivity contribution is 7.93. The molecule has 0 bridgehead atoms. The number of benzene rings is 1. The van der Waals surface area contributed by atoms with Crippen molar-refractivity contribution in [3.05, 3.63) is 40.5 Å². The van der Waals surface area contributed by atoms with Gasteiger partial charge in [-0.15, -0.1) is 0 Å². The monoisotopic (exact) mass is 508 g/mol. The van der Waals surface area contributed by atoms with Crippen molar-refractivity contribution in [2.75, 3.05) is 29.2 Å². The average Bonchev–Trinajstić information content (AvgIpc) is 2.77. The van der Waals surface area contributed by atoms with Crippen molar-refractivity contribution in [1.82, 2.24) is 9.97 Å². The molecule has 3 aliphatic rings. The summed E-state index contributed by atoms with van der Waals surface area (Å²) in [6.07, 6.45) is 5.78. The second kappa shape index (κ2) is 9.24. The predicted molar refractivity (Wildman–Crippen MR) is 132 cm³/mol. The van der Waals surface area contributed by atoms with Gasteiger partial charge in [0.1, 0.15) is 10.7 Å². The number of fused-ring (bicyclic) bond motifs is 1. The number of anilines is 1. The number of hydrogen-bond donors (Lipinski definition) is 2. The highest BCUT2D eigenvalue weighted by atomic mass is 35.5. The highest BCUT2D eigenvalue weighted by Gasteiger charge is 2.38. The van der Waals surface area contributed by atoms with Crippen LogP contribution in [-0.4, -0.2) is 52.9 Å². The minimum atomic E-state index is -2.47. The maximum absolute atomic E-state index is 13.6. The molecule has 1 aliphatic carbocycles. The van der Waals surface area contributed by atoms with Gasteiger partial charge in [-0.1, -0.05) is 23.7 Å². The summed E-state index contributed by atoms with van der Waals surface area (Å²) in [5, 5.41) is 14.0. The molecular weight excluding hydrogens is 480 g/mol. The Morgan fingerprint density at radius 3 is 2.55 bits per heavy atom. The van der Waals surface area contributed by atoms with Crippen LogP contribution >= 0.6 is 11.6 Å². The molecule has 0 radical (unpaired) electrons. The lowest BCUT2D eigenvalue weighted by molar-refractivity contribution is 0.143. The van der Waals surface area contributed by atoms with E-state index in [9.17, 15) is 13.5 Å². The van der Waals surface area contributed by atoms with Gasteiger partial charge in [0.2, 0.25) is 0 Å². The molecule has 2 N–H and O–H groups in total. The first kappa shape index (κ1) is 23.2. The summed E-state index contributed by atoms with van der Waals surface area (Å²) in [6, 6.07) is 7.88. The number of aliphatic hydroxyl groups excluding tert-OH is 1. The third-order valence-electron chi connectivity index (χ3n) is 7.05. The molecule has 5 rings (SSSR count). The molecule has 2 fully saturated rings. The molecule has 33 heavy (non-hydrogen) atoms. The number of hydrogen-bond acceptors (Lipinski definition) is 7. The Hall–Kier alpha value is -1.55. The molecule has 2 aromatic rings. The van der Waals surface area contributed by atoms with Gasteiger partial charge in [0, 0.05) is 22.3 Å². The van der Waals surface area contributed by atoms with Gasteiger partial charge in [0.15, 0.2) is 0 Å². The van der Waals surface area contributed by atoms with Crippen molar-refractivity contribution in [1.29, 1.82) is 0 Å². The highest BCUT2D eigenvalue weighted by Crippen LogP contribution is 2.38. The third kappa shape index (κ3) is 4.83. The summed E-state index contributed by atoms with van der Waals surface area (Å²) in [5.41, 5.74) is 1.51. The van der Waals surface area contributed by atoms with E-state index in [0.717, 1.165) is 44.2 Å². The van der Waals surface area contributed by atoms with Crippen molar-refractivity contribution in [2.24, 2.45) is 4.36 Å². The van der Waals surface area contributed by atoms with E-state index < -0.39 is 26.1 Å². The van der Waals surface area contributed by atoms with Gasteiger partial charge in [-0.25, -0.2) is 9.19 Å². The molecule has 1 saturated heterocycles. The summed E-state index contributed by atoms with van der Waals surface area (Å²) in [7, 11) is -3.66. The number of nitrogens with zero attached hydrogens (tertiary/aromatic N) is 3. The van der Waals surface area contributed by atoms with Crippen molar-refractivity contribution < 1.29 is 13.5 Å². The predicted octanol–water partition coefficient (Wildman–Crippen LogP) is 4.19. The Kier molecular flexibility index (Phi) is 6.50. The number of aliphatic hydroxyl groups is 1. The molecular formula is C23H29ClN4O3S2. The van der Waals surface area contributed by atoms with Crippen LogP contribution in [0.4, 0.5) is 11.8 Å². The van der Waals surface area contributed by atoms with Crippen LogP contribution in [0.2, 0.25) is 5.02 Å². The topological polar surface area (TPSA) is 105 Å². The zero-order chi connectivity index (χ0) is 23.1. The van der Waals surface area contributed by atoms with Crippen LogP contribution in [-0.2, 0) is 26.9 Å². The molecule has 10 heteroatoms. The fourth-order valence-corrected chi connectivity index (χ4v) is 8.41. The second-order valence-corrected chi connectivity index (χ2v) is 13.8. The van der Waals surface area contributed by atoms with Gasteiger partial charge >= 0.3 is 0 Å². The first-order valence-corrected chi connectivity index (χ1v) is 15.1. The lowest BCUT2D eigenvalue weighted by atomic mass is 9.77. The number of rotatable bonds is 5. The molecule has 3 heterocycles. The van der Waals surface area contributed by atoms with Crippen LogP contribution in [0, 0.1) is 0 Å². The normalized spacial score (nSPS) is 28.4. The van der Waals surface area contributed by atoms with E-state index in [2.05, 4.69) is 19.6 Å². The Morgan fingerprint density at radius 1 is 1.18 bits per heavy atom. The van der Waals surface area contributed by atoms with E-state index in [0.29, 0.717) is 45.3 Å². The molecule has 7 nitrogen and oxygen atoms in total. The fourth-order valence-electron chi connectivity index (χ4n) is 4.88. The number of aromatic nitrogens is 2. The van der Waals surface area contributed by atoms with Crippen molar-refractivity contribution in [3.8, 4) is 0 Å². The van der Waals surface area contributed by atoms with Crippen molar-refractivity contribution in [2.45, 2.75) is 61.3 Å². The van der Waals surface area contributed by atoms with Gasteiger partial charge in [0.05, 0.1) is 38.4 Å². The van der Waals surface area contributed by atoms with Crippen molar-refractivity contribution >= 4 is 43.9 Å². The van der Waals surface area contributed by atoms with Gasteiger partial charge < -0.3 is 10.4 Å². The summed E-state index contributed by atoms with van der Waals surface area (Å²) in [6.45, 7) is -0.00623. The zero-order valence-electron chi connectivity index (χ0n) is 18.5. The van der Waals surface area contributed by atoms with Crippen LogP contribution in [0.1, 0.15) is 55.7 Å². The summed E-state index contributed by atoms with van der Waals surface area (Å²) in [4.78, 5) is 9.80. The van der Waals surface area contributed by atoms with Gasteiger partial charge in [-0.3, -0.25) is 4.21 Å². The molecule has 1 atom stereocenters. The van der Waals surface area contributed by atoms with Gasteiger partial charge in [-0.2, -0.15) is 9.35 Å². The smallest absolute Gasteiger partial charge is 0.259 e. The van der Waals surface area contributed by atoms with Crippen molar-refractivity contribution in [3.63, 3.8) is 0 Å². The van der Waals surface area contributed by atoms with Crippen LogP contribution in [0.5, 0.6) is 0 Å². The lowest BCUT2D eigenvalue weighted by Crippen LogP contribution is -2.48. The SMILES string of the molecule is O=[S@@]1CCCc2nc(N=S3(=O)CCC(c4ccc(Cl)cc4)CC3)nc(NC3(CO)CCC3)c21. The minimum Gasteiger partial charge on any atom is -0.394 e. The van der Waals surface area contributed by atoms with Crippen LogP contribution < -0.4 is 5.32 Å².